The lowest BCUT2D eigenvalue weighted by atomic mass is 9.98. The summed E-state index contributed by atoms with van der Waals surface area (Å²) in [5.41, 5.74) is 4.10. The van der Waals surface area contributed by atoms with E-state index in [-0.39, 0.29) is 11.1 Å². The molecule has 3 nitrogen and oxygen atoms in total. The maximum Gasteiger partial charge on any atom is 0.338 e. The summed E-state index contributed by atoms with van der Waals surface area (Å²) in [6.07, 6.45) is -0.437. The Bertz CT molecular complexity index is 447. The number of carbonyl (C=O) groups is 1. The van der Waals surface area contributed by atoms with Crippen molar-refractivity contribution in [2.24, 2.45) is 5.73 Å². The monoisotopic (exact) mass is 227 g/mol. The quantitative estimate of drug-likeness (QED) is 0.782. The van der Waals surface area contributed by atoms with Crippen molar-refractivity contribution in [3.63, 3.8) is 0 Å². The van der Waals surface area contributed by atoms with Crippen LogP contribution in [0.25, 0.3) is 0 Å². The smallest absolute Gasteiger partial charge is 0.338 e. The molecular weight excluding hydrogens is 216 g/mol. The van der Waals surface area contributed by atoms with Crippen molar-refractivity contribution in [2.75, 3.05) is 7.11 Å². The Morgan fingerprint density at radius 3 is 2.50 bits per heavy atom. The van der Waals surface area contributed by atoms with Gasteiger partial charge >= 0.3 is 5.97 Å². The molecule has 2 N–H and O–H groups in total. The molecule has 1 atom stereocenters. The Morgan fingerprint density at radius 1 is 1.44 bits per heavy atom. The van der Waals surface area contributed by atoms with E-state index < -0.39 is 23.9 Å². The van der Waals surface area contributed by atoms with E-state index in [0.29, 0.717) is 0 Å². The number of nitrogens with two attached hydrogens (primary N) is 1. The number of hydrogen-bond donors (Lipinski definition) is 1. The third-order valence-electron chi connectivity index (χ3n) is 2.84. The number of ether oxygens (including phenoxy) is 1. The molecule has 0 radical (unpaired) electrons. The van der Waals surface area contributed by atoms with Crippen LogP contribution in [-0.4, -0.2) is 19.0 Å². The normalized spacial score (nSPS) is 26.2. The van der Waals surface area contributed by atoms with Crippen LogP contribution in [-0.2, 0) is 10.3 Å². The van der Waals surface area contributed by atoms with Crippen molar-refractivity contribution in [1.29, 1.82) is 0 Å². The molecule has 1 aliphatic carbocycles. The molecule has 0 aliphatic heterocycles. The van der Waals surface area contributed by atoms with Crippen molar-refractivity contribution >= 4 is 5.97 Å². The fraction of sp³-hybridized carbons (Fsp3) is 0.364. The highest BCUT2D eigenvalue weighted by molar-refractivity contribution is 5.91. The SMILES string of the molecule is COC(=O)c1ccccc1C1(N)CC1(F)F. The molecule has 0 bridgehead atoms. The van der Waals surface area contributed by atoms with Crippen LogP contribution in [0.4, 0.5) is 8.78 Å². The lowest BCUT2D eigenvalue weighted by Crippen LogP contribution is -2.29. The first-order valence-corrected chi connectivity index (χ1v) is 4.77. The Hall–Kier alpha value is -1.49. The summed E-state index contributed by atoms with van der Waals surface area (Å²) in [4.78, 5) is 11.4. The number of methoxy groups -OCH3 is 1. The van der Waals surface area contributed by atoms with Gasteiger partial charge in [-0.25, -0.2) is 13.6 Å². The maximum absolute atomic E-state index is 13.1. The van der Waals surface area contributed by atoms with Crippen molar-refractivity contribution in [3.8, 4) is 0 Å². The topological polar surface area (TPSA) is 52.3 Å². The molecule has 1 unspecified atom stereocenters. The van der Waals surface area contributed by atoms with Gasteiger partial charge in [-0.3, -0.25) is 0 Å². The van der Waals surface area contributed by atoms with Gasteiger partial charge in [-0.05, 0) is 11.6 Å². The lowest BCUT2D eigenvalue weighted by Gasteiger charge is -2.14. The summed E-state index contributed by atoms with van der Waals surface area (Å²) in [7, 11) is 1.20. The highest BCUT2D eigenvalue weighted by atomic mass is 19.3. The molecule has 2 rings (SSSR count). The minimum Gasteiger partial charge on any atom is -0.465 e. The molecule has 86 valence electrons. The van der Waals surface area contributed by atoms with Crippen molar-refractivity contribution in [3.05, 3.63) is 35.4 Å². The summed E-state index contributed by atoms with van der Waals surface area (Å²) in [6.45, 7) is 0. The van der Waals surface area contributed by atoms with E-state index in [1.54, 1.807) is 12.1 Å². The van der Waals surface area contributed by atoms with Crippen LogP contribution in [0.15, 0.2) is 24.3 Å². The molecule has 1 saturated carbocycles. The van der Waals surface area contributed by atoms with Crippen LogP contribution < -0.4 is 5.73 Å². The molecule has 0 amide bonds. The average Bonchev–Trinajstić information content (AvgIpc) is 2.78. The Labute approximate surface area is 91.2 Å². The largest absolute Gasteiger partial charge is 0.465 e. The zero-order valence-corrected chi connectivity index (χ0v) is 8.67. The second kappa shape index (κ2) is 3.25. The van der Waals surface area contributed by atoms with Crippen LogP contribution in [0, 0.1) is 0 Å². The number of halogens is 2. The summed E-state index contributed by atoms with van der Waals surface area (Å²) in [5.74, 6) is -3.60. The van der Waals surface area contributed by atoms with Gasteiger partial charge < -0.3 is 10.5 Å². The summed E-state index contributed by atoms with van der Waals surface area (Å²) < 4.78 is 30.8. The van der Waals surface area contributed by atoms with Gasteiger partial charge in [0.05, 0.1) is 12.7 Å². The van der Waals surface area contributed by atoms with Gasteiger partial charge in [-0.2, -0.15) is 0 Å². The van der Waals surface area contributed by atoms with Crippen LogP contribution in [0.2, 0.25) is 0 Å². The van der Waals surface area contributed by atoms with Gasteiger partial charge in [0.15, 0.2) is 0 Å². The maximum atomic E-state index is 13.1. The number of rotatable bonds is 2. The molecular formula is C11H11F2NO2. The second-order valence-electron chi connectivity index (χ2n) is 3.89. The highest BCUT2D eigenvalue weighted by Gasteiger charge is 2.70. The molecule has 1 aromatic carbocycles. The molecule has 5 heteroatoms. The summed E-state index contributed by atoms with van der Waals surface area (Å²) in [5, 5.41) is 0. The van der Waals surface area contributed by atoms with Crippen LogP contribution >= 0.6 is 0 Å². The van der Waals surface area contributed by atoms with E-state index in [9.17, 15) is 13.6 Å². The zero-order valence-electron chi connectivity index (χ0n) is 8.67. The highest BCUT2D eigenvalue weighted by Crippen LogP contribution is 2.58. The summed E-state index contributed by atoms with van der Waals surface area (Å²) >= 11 is 0. The fourth-order valence-electron chi connectivity index (χ4n) is 1.76. The van der Waals surface area contributed by atoms with Crippen LogP contribution in [0.5, 0.6) is 0 Å². The van der Waals surface area contributed by atoms with E-state index in [1.165, 1.54) is 19.2 Å². The van der Waals surface area contributed by atoms with E-state index in [4.69, 9.17) is 5.73 Å². The molecule has 0 spiro atoms. The molecule has 0 aromatic heterocycles. The first-order chi connectivity index (χ1) is 7.42. The number of esters is 1. The third kappa shape index (κ3) is 1.39. The number of hydrogen-bond acceptors (Lipinski definition) is 3. The first kappa shape index (κ1) is 11.0. The minimum atomic E-state index is -2.95. The van der Waals surface area contributed by atoms with Gasteiger partial charge in [0.2, 0.25) is 0 Å². The zero-order chi connectivity index (χ0) is 12.0. The van der Waals surface area contributed by atoms with Crippen molar-refractivity contribution < 1.29 is 18.3 Å². The standard InChI is InChI=1S/C11H11F2NO2/c1-16-9(15)7-4-2-3-5-8(7)10(14)6-11(10,12)13/h2-5H,6,14H2,1H3. The Kier molecular flexibility index (Phi) is 2.24. The van der Waals surface area contributed by atoms with E-state index in [1.807, 2.05) is 0 Å². The molecule has 1 fully saturated rings. The van der Waals surface area contributed by atoms with E-state index >= 15 is 0 Å². The average molecular weight is 227 g/mol. The van der Waals surface area contributed by atoms with Gasteiger partial charge in [0.1, 0.15) is 5.54 Å². The van der Waals surface area contributed by atoms with Gasteiger partial charge in [0, 0.05) is 6.42 Å². The molecule has 1 aromatic rings. The molecule has 16 heavy (non-hydrogen) atoms. The fourth-order valence-corrected chi connectivity index (χ4v) is 1.76. The number of alkyl halides is 2. The predicted octanol–water partition coefficient (Wildman–Crippen LogP) is 1.67. The second-order valence-corrected chi connectivity index (χ2v) is 3.89. The van der Waals surface area contributed by atoms with E-state index in [0.717, 1.165) is 0 Å². The van der Waals surface area contributed by atoms with Crippen LogP contribution in [0.1, 0.15) is 22.3 Å². The van der Waals surface area contributed by atoms with Gasteiger partial charge in [-0.1, -0.05) is 18.2 Å². The number of carbonyl (C=O) groups excluding carboxylic acids is 1. The van der Waals surface area contributed by atoms with E-state index in [2.05, 4.69) is 4.74 Å². The first-order valence-electron chi connectivity index (χ1n) is 4.77. The molecule has 1 aliphatic rings. The van der Waals surface area contributed by atoms with Crippen molar-refractivity contribution in [2.45, 2.75) is 17.9 Å². The molecule has 0 saturated heterocycles. The third-order valence-corrected chi connectivity index (χ3v) is 2.84. The van der Waals surface area contributed by atoms with Gasteiger partial charge in [0.25, 0.3) is 5.92 Å². The Morgan fingerprint density at radius 2 is 2.00 bits per heavy atom. The molecule has 0 heterocycles. The van der Waals surface area contributed by atoms with Crippen LogP contribution in [0.3, 0.4) is 0 Å². The summed E-state index contributed by atoms with van der Waals surface area (Å²) in [6, 6.07) is 6.03. The van der Waals surface area contributed by atoms with Crippen molar-refractivity contribution in [1.82, 2.24) is 0 Å². The lowest BCUT2D eigenvalue weighted by molar-refractivity contribution is 0.0594. The Balaban J connectivity index is 2.47. The van der Waals surface area contributed by atoms with Gasteiger partial charge in [-0.15, -0.1) is 0 Å². The predicted molar refractivity (Wildman–Crippen MR) is 53.2 cm³/mol. The minimum absolute atomic E-state index is 0.102. The number of benzene rings is 1.